The molecule has 0 spiro atoms. The molecule has 0 aliphatic carbocycles. The maximum Gasteiger partial charge on any atom is 0.345 e. The van der Waals surface area contributed by atoms with E-state index in [1.807, 2.05) is 31.2 Å². The number of carbonyl (C=O) groups is 1. The molecular weight excluding hydrogens is 342 g/mol. The molecule has 6 heteroatoms. The van der Waals surface area contributed by atoms with E-state index in [2.05, 4.69) is 15.5 Å². The highest BCUT2D eigenvalue weighted by molar-refractivity contribution is 5.91. The molecular formula is C21H19N3O3. The first kappa shape index (κ1) is 18.1. The average Bonchev–Trinajstić information content (AvgIpc) is 2.71. The third-order valence-electron chi connectivity index (χ3n) is 3.75. The number of esters is 1. The Kier molecular flexibility index (Phi) is 5.79. The molecule has 0 saturated heterocycles. The molecule has 1 N–H and O–H groups in total. The molecule has 0 unspecified atom stereocenters. The number of anilines is 1. The van der Waals surface area contributed by atoms with Gasteiger partial charge in [-0.15, -0.1) is 0 Å². The van der Waals surface area contributed by atoms with Crippen molar-refractivity contribution in [2.24, 2.45) is 5.10 Å². The molecule has 0 radical (unpaired) electrons. The first-order valence-electron chi connectivity index (χ1n) is 8.32. The van der Waals surface area contributed by atoms with Crippen molar-refractivity contribution < 1.29 is 14.3 Å². The molecule has 6 nitrogen and oxygen atoms in total. The second kappa shape index (κ2) is 8.62. The smallest absolute Gasteiger partial charge is 0.345 e. The van der Waals surface area contributed by atoms with Gasteiger partial charge in [0.15, 0.2) is 11.5 Å². The molecule has 0 atom stereocenters. The molecule has 3 aromatic rings. The first-order valence-corrected chi connectivity index (χ1v) is 8.32. The minimum absolute atomic E-state index is 0.329. The number of nitrogens with zero attached hydrogens (tertiary/aromatic N) is 2. The van der Waals surface area contributed by atoms with Crippen LogP contribution in [0.2, 0.25) is 0 Å². The van der Waals surface area contributed by atoms with Crippen LogP contribution in [0.3, 0.4) is 0 Å². The van der Waals surface area contributed by atoms with Crippen LogP contribution in [0.4, 0.5) is 5.69 Å². The highest BCUT2D eigenvalue weighted by Crippen LogP contribution is 2.28. The molecule has 1 heterocycles. The predicted molar refractivity (Wildman–Crippen MR) is 105 cm³/mol. The molecule has 3 rings (SSSR count). The van der Waals surface area contributed by atoms with E-state index in [1.54, 1.807) is 42.7 Å². The van der Waals surface area contributed by atoms with Crippen LogP contribution >= 0.6 is 0 Å². The maximum absolute atomic E-state index is 12.2. The van der Waals surface area contributed by atoms with Crippen LogP contribution < -0.4 is 14.9 Å². The van der Waals surface area contributed by atoms with Crippen LogP contribution in [0, 0.1) is 6.92 Å². The van der Waals surface area contributed by atoms with Crippen molar-refractivity contribution in [2.45, 2.75) is 6.92 Å². The number of ether oxygens (including phenoxy) is 2. The van der Waals surface area contributed by atoms with Crippen LogP contribution in [0.25, 0.3) is 0 Å². The Labute approximate surface area is 157 Å². The monoisotopic (exact) mass is 361 g/mol. The zero-order valence-corrected chi connectivity index (χ0v) is 15.0. The van der Waals surface area contributed by atoms with E-state index in [-0.39, 0.29) is 0 Å². The molecule has 0 saturated carbocycles. The molecule has 1 aromatic heterocycles. The van der Waals surface area contributed by atoms with Gasteiger partial charge in [0.1, 0.15) is 0 Å². The minimum atomic E-state index is -0.496. The Hall–Kier alpha value is -3.67. The summed E-state index contributed by atoms with van der Waals surface area (Å²) in [5, 5.41) is 4.21. The molecule has 2 aromatic carbocycles. The topological polar surface area (TPSA) is 72.8 Å². The molecule has 0 aliphatic rings. The van der Waals surface area contributed by atoms with Crippen LogP contribution in [0.15, 0.2) is 72.1 Å². The van der Waals surface area contributed by atoms with Crippen LogP contribution in [-0.4, -0.2) is 24.3 Å². The van der Waals surface area contributed by atoms with Crippen molar-refractivity contribution >= 4 is 17.9 Å². The van der Waals surface area contributed by atoms with Gasteiger partial charge in [-0.05, 0) is 55.0 Å². The number of hydrogen-bond acceptors (Lipinski definition) is 6. The predicted octanol–water partition coefficient (Wildman–Crippen LogP) is 4.06. The van der Waals surface area contributed by atoms with Gasteiger partial charge >= 0.3 is 5.97 Å². The lowest BCUT2D eigenvalue weighted by atomic mass is 10.2. The number of carbonyl (C=O) groups excluding carboxylic acids is 1. The van der Waals surface area contributed by atoms with E-state index in [0.717, 1.165) is 11.3 Å². The Morgan fingerprint density at radius 2 is 1.93 bits per heavy atom. The molecule has 136 valence electrons. The normalized spacial score (nSPS) is 10.6. The zero-order chi connectivity index (χ0) is 19.1. The maximum atomic E-state index is 12.2. The van der Waals surface area contributed by atoms with Gasteiger partial charge in [0.25, 0.3) is 0 Å². The number of aryl methyl sites for hydroxylation is 1. The first-order chi connectivity index (χ1) is 13.2. The van der Waals surface area contributed by atoms with Gasteiger partial charge in [0.2, 0.25) is 0 Å². The standard InChI is InChI=1S/C21H19N3O3/c1-15-5-8-18(9-6-15)24-23-13-16-7-10-19(20(12-16)26-2)27-21(25)17-4-3-11-22-14-17/h3-14,24H,1-2H3/b23-13-. The summed E-state index contributed by atoms with van der Waals surface area (Å²) in [6.07, 6.45) is 4.71. The lowest BCUT2D eigenvalue weighted by Crippen LogP contribution is -2.09. The van der Waals surface area contributed by atoms with Gasteiger partial charge in [0.05, 0.1) is 24.6 Å². The van der Waals surface area contributed by atoms with Crippen molar-refractivity contribution in [2.75, 3.05) is 12.5 Å². The summed E-state index contributed by atoms with van der Waals surface area (Å²) in [5.74, 6) is 0.269. The summed E-state index contributed by atoms with van der Waals surface area (Å²) in [5.41, 5.74) is 6.21. The minimum Gasteiger partial charge on any atom is -0.493 e. The summed E-state index contributed by atoms with van der Waals surface area (Å²) < 4.78 is 10.7. The fourth-order valence-electron chi connectivity index (χ4n) is 2.30. The SMILES string of the molecule is COc1cc(/C=N\Nc2ccc(C)cc2)ccc1OC(=O)c1cccnc1. The molecule has 0 amide bonds. The Morgan fingerprint density at radius 1 is 1.11 bits per heavy atom. The molecule has 0 bridgehead atoms. The number of rotatable bonds is 6. The van der Waals surface area contributed by atoms with E-state index < -0.39 is 5.97 Å². The Morgan fingerprint density at radius 3 is 2.63 bits per heavy atom. The number of methoxy groups -OCH3 is 1. The van der Waals surface area contributed by atoms with E-state index in [4.69, 9.17) is 9.47 Å². The van der Waals surface area contributed by atoms with Gasteiger partial charge in [-0.3, -0.25) is 10.4 Å². The van der Waals surface area contributed by atoms with Gasteiger partial charge in [0, 0.05) is 12.4 Å². The van der Waals surface area contributed by atoms with E-state index >= 15 is 0 Å². The third-order valence-corrected chi connectivity index (χ3v) is 3.75. The van der Waals surface area contributed by atoms with Crippen molar-refractivity contribution in [1.29, 1.82) is 0 Å². The summed E-state index contributed by atoms with van der Waals surface area (Å²) in [7, 11) is 1.52. The van der Waals surface area contributed by atoms with Crippen molar-refractivity contribution in [3.63, 3.8) is 0 Å². The Balaban J connectivity index is 1.69. The molecule has 0 fully saturated rings. The van der Waals surface area contributed by atoms with Crippen molar-refractivity contribution in [1.82, 2.24) is 4.98 Å². The number of hydrogen-bond donors (Lipinski definition) is 1. The second-order valence-corrected chi connectivity index (χ2v) is 5.78. The number of aromatic nitrogens is 1. The summed E-state index contributed by atoms with van der Waals surface area (Å²) in [6, 6.07) is 16.4. The van der Waals surface area contributed by atoms with E-state index in [1.165, 1.54) is 18.9 Å². The van der Waals surface area contributed by atoms with E-state index in [0.29, 0.717) is 17.1 Å². The van der Waals surface area contributed by atoms with Crippen molar-refractivity contribution in [3.8, 4) is 11.5 Å². The van der Waals surface area contributed by atoms with Crippen LogP contribution in [0.5, 0.6) is 11.5 Å². The third kappa shape index (κ3) is 4.92. The Bertz CT molecular complexity index is 939. The molecule has 27 heavy (non-hydrogen) atoms. The van der Waals surface area contributed by atoms with Gasteiger partial charge in [-0.2, -0.15) is 5.10 Å². The van der Waals surface area contributed by atoms with Gasteiger partial charge < -0.3 is 9.47 Å². The average molecular weight is 361 g/mol. The van der Waals surface area contributed by atoms with Crippen LogP contribution in [-0.2, 0) is 0 Å². The number of benzene rings is 2. The summed E-state index contributed by atoms with van der Waals surface area (Å²) >= 11 is 0. The van der Waals surface area contributed by atoms with Gasteiger partial charge in [-0.1, -0.05) is 17.7 Å². The number of nitrogens with one attached hydrogen (secondary N) is 1. The van der Waals surface area contributed by atoms with Gasteiger partial charge in [-0.25, -0.2) is 4.79 Å². The zero-order valence-electron chi connectivity index (χ0n) is 15.0. The fraction of sp³-hybridized carbons (Fsp3) is 0.0952. The summed E-state index contributed by atoms with van der Waals surface area (Å²) in [6.45, 7) is 2.03. The van der Waals surface area contributed by atoms with Crippen LogP contribution in [0.1, 0.15) is 21.5 Å². The quantitative estimate of drug-likeness (QED) is 0.310. The second-order valence-electron chi connectivity index (χ2n) is 5.78. The highest BCUT2D eigenvalue weighted by Gasteiger charge is 2.12. The number of pyridine rings is 1. The lowest BCUT2D eigenvalue weighted by Gasteiger charge is -2.09. The highest BCUT2D eigenvalue weighted by atomic mass is 16.6. The summed E-state index contributed by atoms with van der Waals surface area (Å²) in [4.78, 5) is 16.1. The fourth-order valence-corrected chi connectivity index (χ4v) is 2.30. The van der Waals surface area contributed by atoms with Crippen molar-refractivity contribution in [3.05, 3.63) is 83.7 Å². The van der Waals surface area contributed by atoms with E-state index in [9.17, 15) is 4.79 Å². The lowest BCUT2D eigenvalue weighted by molar-refractivity contribution is 0.0729. The largest absolute Gasteiger partial charge is 0.493 e. The molecule has 0 aliphatic heterocycles. The number of hydrazone groups is 1.